The fraction of sp³-hybridized carbons (Fsp3) is 0.857. The molecular formula is C7H6F9. The first kappa shape index (κ1) is 15.4. The van der Waals surface area contributed by atoms with Crippen LogP contribution in [0.5, 0.6) is 0 Å². The largest absolute Gasteiger partial charge is 0.460 e. The molecule has 9 heteroatoms. The molecule has 0 saturated carbocycles. The van der Waals surface area contributed by atoms with E-state index in [9.17, 15) is 39.5 Å². The van der Waals surface area contributed by atoms with Gasteiger partial charge in [-0.2, -0.15) is 39.5 Å². The third-order valence-corrected chi connectivity index (χ3v) is 1.70. The lowest BCUT2D eigenvalue weighted by Gasteiger charge is -2.33. The zero-order chi connectivity index (χ0) is 13.4. The van der Waals surface area contributed by atoms with Crippen LogP contribution < -0.4 is 0 Å². The summed E-state index contributed by atoms with van der Waals surface area (Å²) in [6.07, 6.45) is -9.52. The fourth-order valence-electron chi connectivity index (χ4n) is 0.787. The van der Waals surface area contributed by atoms with Crippen LogP contribution in [-0.4, -0.2) is 23.9 Å². The summed E-state index contributed by atoms with van der Waals surface area (Å²) >= 11 is 0. The van der Waals surface area contributed by atoms with Crippen LogP contribution in [0.3, 0.4) is 0 Å². The molecule has 0 unspecified atom stereocenters. The molecule has 0 amide bonds. The van der Waals surface area contributed by atoms with Gasteiger partial charge >= 0.3 is 23.9 Å². The highest BCUT2D eigenvalue weighted by Crippen LogP contribution is 2.54. The number of hydrogen-bond acceptors (Lipinski definition) is 0. The predicted octanol–water partition coefficient (Wildman–Crippen LogP) is 4.07. The van der Waals surface area contributed by atoms with Gasteiger partial charge in [-0.25, -0.2) is 0 Å². The zero-order valence-corrected chi connectivity index (χ0v) is 7.52. The zero-order valence-electron chi connectivity index (χ0n) is 7.52. The van der Waals surface area contributed by atoms with Crippen molar-refractivity contribution in [3.8, 4) is 0 Å². The second kappa shape index (κ2) is 3.99. The first-order chi connectivity index (χ1) is 6.81. The third kappa shape index (κ3) is 2.22. The normalized spacial score (nSPS) is 15.4. The van der Waals surface area contributed by atoms with Gasteiger partial charge in [-0.15, -0.1) is 0 Å². The molecule has 1 radical (unpaired) electrons. The van der Waals surface area contributed by atoms with Gasteiger partial charge in [-0.1, -0.05) is 6.92 Å². The second-order valence-corrected chi connectivity index (χ2v) is 2.95. The van der Waals surface area contributed by atoms with Gasteiger partial charge in [0.25, 0.3) is 0 Å². The molecule has 97 valence electrons. The van der Waals surface area contributed by atoms with E-state index in [-0.39, 0.29) is 0 Å². The van der Waals surface area contributed by atoms with E-state index < -0.39 is 36.8 Å². The lowest BCUT2D eigenvalue weighted by Crippen LogP contribution is -2.60. The summed E-state index contributed by atoms with van der Waals surface area (Å²) in [4.78, 5) is 0. The monoisotopic (exact) mass is 261 g/mol. The highest BCUT2D eigenvalue weighted by molar-refractivity contribution is 5.00. The van der Waals surface area contributed by atoms with Gasteiger partial charge in [0, 0.05) is 6.42 Å². The molecule has 0 aromatic heterocycles. The molecular weight excluding hydrogens is 255 g/mol. The Morgan fingerprint density at radius 3 is 1.31 bits per heavy atom. The maximum absolute atomic E-state index is 12.5. The van der Waals surface area contributed by atoms with Crippen molar-refractivity contribution in [3.63, 3.8) is 0 Å². The molecule has 0 saturated heterocycles. The average molecular weight is 261 g/mol. The van der Waals surface area contributed by atoms with E-state index in [1.54, 1.807) is 0 Å². The topological polar surface area (TPSA) is 0 Å². The summed E-state index contributed by atoms with van der Waals surface area (Å²) in [6.45, 7) is 2.69. The number of hydrogen-bond donors (Lipinski definition) is 0. The van der Waals surface area contributed by atoms with E-state index >= 15 is 0 Å². The first-order valence-electron chi connectivity index (χ1n) is 3.80. The van der Waals surface area contributed by atoms with E-state index in [2.05, 4.69) is 6.92 Å². The van der Waals surface area contributed by atoms with E-state index in [0.29, 0.717) is 0 Å². The smallest absolute Gasteiger partial charge is 0.200 e. The van der Waals surface area contributed by atoms with Crippen LogP contribution in [0.4, 0.5) is 39.5 Å². The predicted molar refractivity (Wildman–Crippen MR) is 35.5 cm³/mol. The minimum absolute atomic E-state index is 0.906. The van der Waals surface area contributed by atoms with Crippen LogP contribution in [-0.2, 0) is 0 Å². The van der Waals surface area contributed by atoms with E-state index in [0.717, 1.165) is 0 Å². The molecule has 0 N–H and O–H groups in total. The van der Waals surface area contributed by atoms with Crippen molar-refractivity contribution in [1.29, 1.82) is 0 Å². The number of alkyl halides is 9. The highest BCUT2D eigenvalue weighted by atomic mass is 19.4. The number of rotatable bonds is 4. The van der Waals surface area contributed by atoms with Crippen LogP contribution in [0, 0.1) is 6.92 Å². The van der Waals surface area contributed by atoms with Gasteiger partial charge in [-0.3, -0.25) is 0 Å². The van der Waals surface area contributed by atoms with Crippen LogP contribution in [0.25, 0.3) is 0 Å². The minimum atomic E-state index is -6.79. The van der Waals surface area contributed by atoms with Crippen molar-refractivity contribution in [2.24, 2.45) is 0 Å². The minimum Gasteiger partial charge on any atom is -0.200 e. The van der Waals surface area contributed by atoms with Crippen molar-refractivity contribution in [3.05, 3.63) is 6.92 Å². The Morgan fingerprint density at radius 2 is 1.06 bits per heavy atom. The molecule has 0 aromatic carbocycles. The molecule has 0 bridgehead atoms. The van der Waals surface area contributed by atoms with Gasteiger partial charge in [-0.05, 0) is 6.42 Å². The Bertz CT molecular complexity index is 239. The summed E-state index contributed by atoms with van der Waals surface area (Å²) in [5.41, 5.74) is 0. The van der Waals surface area contributed by atoms with E-state index in [1.807, 2.05) is 0 Å². The Kier molecular flexibility index (Phi) is 3.83. The molecule has 0 aromatic rings. The summed E-state index contributed by atoms with van der Waals surface area (Å²) in [7, 11) is 0. The maximum Gasteiger partial charge on any atom is 0.460 e. The summed E-state index contributed by atoms with van der Waals surface area (Å²) in [5.74, 6) is -18.8. The van der Waals surface area contributed by atoms with Crippen molar-refractivity contribution in [2.75, 3.05) is 0 Å². The standard InChI is InChI=1S/C7H6F9/c1-2-3-4(8,9)5(10,11)6(12,13)7(14,15)16/h1-3H2. The van der Waals surface area contributed by atoms with Gasteiger partial charge in [0.1, 0.15) is 0 Å². The molecule has 0 heterocycles. The summed E-state index contributed by atoms with van der Waals surface area (Å²) in [5, 5.41) is 0. The Morgan fingerprint density at radius 1 is 0.688 bits per heavy atom. The van der Waals surface area contributed by atoms with Gasteiger partial charge in [0.2, 0.25) is 0 Å². The molecule has 0 spiro atoms. The third-order valence-electron chi connectivity index (χ3n) is 1.70. The average Bonchev–Trinajstić information content (AvgIpc) is 2.01. The van der Waals surface area contributed by atoms with Gasteiger partial charge in [0.15, 0.2) is 0 Å². The summed E-state index contributed by atoms with van der Waals surface area (Å²) in [6, 6.07) is 0. The Hall–Kier alpha value is -0.630. The second-order valence-electron chi connectivity index (χ2n) is 2.95. The quantitative estimate of drug-likeness (QED) is 0.669. The lowest BCUT2D eigenvalue weighted by atomic mass is 10.0. The van der Waals surface area contributed by atoms with Crippen LogP contribution in [0.15, 0.2) is 0 Å². The molecule has 0 nitrogen and oxygen atoms in total. The number of halogens is 9. The van der Waals surface area contributed by atoms with Crippen LogP contribution in [0.2, 0.25) is 0 Å². The molecule has 0 rings (SSSR count). The van der Waals surface area contributed by atoms with Crippen molar-refractivity contribution in [2.45, 2.75) is 36.8 Å². The Balaban J connectivity index is 5.34. The highest BCUT2D eigenvalue weighted by Gasteiger charge is 2.81. The van der Waals surface area contributed by atoms with Crippen LogP contribution in [0.1, 0.15) is 12.8 Å². The molecule has 0 aliphatic rings. The van der Waals surface area contributed by atoms with Crippen molar-refractivity contribution in [1.82, 2.24) is 0 Å². The Labute approximate surface area is 84.4 Å². The van der Waals surface area contributed by atoms with Gasteiger partial charge < -0.3 is 0 Å². The van der Waals surface area contributed by atoms with Crippen LogP contribution >= 0.6 is 0 Å². The fourth-order valence-corrected chi connectivity index (χ4v) is 0.787. The molecule has 0 aliphatic heterocycles. The maximum atomic E-state index is 12.5. The van der Waals surface area contributed by atoms with E-state index in [1.165, 1.54) is 0 Å². The van der Waals surface area contributed by atoms with Crippen molar-refractivity contribution < 1.29 is 39.5 Å². The molecule has 0 aliphatic carbocycles. The molecule has 0 atom stereocenters. The van der Waals surface area contributed by atoms with E-state index in [4.69, 9.17) is 0 Å². The molecule has 16 heavy (non-hydrogen) atoms. The summed E-state index contributed by atoms with van der Waals surface area (Å²) < 4.78 is 109. The first-order valence-corrected chi connectivity index (χ1v) is 3.80. The van der Waals surface area contributed by atoms with Crippen molar-refractivity contribution >= 4 is 0 Å². The molecule has 0 fully saturated rings. The SMILES string of the molecule is [CH2]CCC(F)(F)C(F)(F)C(F)(F)C(F)(F)F. The van der Waals surface area contributed by atoms with Gasteiger partial charge in [0.05, 0.1) is 0 Å². The lowest BCUT2D eigenvalue weighted by molar-refractivity contribution is -0.396.